The molecule has 2 nitrogen and oxygen atoms in total. The van der Waals surface area contributed by atoms with Crippen molar-refractivity contribution in [1.29, 1.82) is 0 Å². The molecule has 2 unspecified atom stereocenters. The fourth-order valence-electron chi connectivity index (χ4n) is 2.81. The molecule has 1 heterocycles. The quantitative estimate of drug-likeness (QED) is 0.894. The molecule has 1 aromatic carbocycles. The van der Waals surface area contributed by atoms with Gasteiger partial charge in [0.25, 0.3) is 0 Å². The number of rotatable bonds is 2. The van der Waals surface area contributed by atoms with Gasteiger partial charge in [-0.05, 0) is 50.5 Å². The molecule has 2 N–H and O–H groups in total. The first kappa shape index (κ1) is 14.2. The van der Waals surface area contributed by atoms with E-state index < -0.39 is 11.7 Å². The third kappa shape index (κ3) is 3.03. The maximum Gasteiger partial charge on any atom is 0.416 e. The number of hydrogen-bond donors (Lipinski definition) is 1. The molecular weight excluding hydrogens is 253 g/mol. The van der Waals surface area contributed by atoms with E-state index in [-0.39, 0.29) is 6.04 Å². The van der Waals surface area contributed by atoms with Crippen LogP contribution in [0.4, 0.5) is 18.9 Å². The lowest BCUT2D eigenvalue weighted by atomic mass is 9.95. The van der Waals surface area contributed by atoms with E-state index in [1.165, 1.54) is 0 Å². The van der Waals surface area contributed by atoms with Gasteiger partial charge in [0.1, 0.15) is 0 Å². The van der Waals surface area contributed by atoms with Gasteiger partial charge in [-0.25, -0.2) is 0 Å². The summed E-state index contributed by atoms with van der Waals surface area (Å²) in [5.74, 6) is 0. The van der Waals surface area contributed by atoms with Crippen molar-refractivity contribution in [2.45, 2.75) is 44.4 Å². The van der Waals surface area contributed by atoms with Gasteiger partial charge in [0.05, 0.1) is 5.56 Å². The zero-order valence-electron chi connectivity index (χ0n) is 11.0. The van der Waals surface area contributed by atoms with E-state index >= 15 is 0 Å². The Kier molecular flexibility index (Phi) is 4.04. The first-order valence-electron chi connectivity index (χ1n) is 6.59. The smallest absolute Gasteiger partial charge is 0.365 e. The molecule has 1 aliphatic heterocycles. The van der Waals surface area contributed by atoms with Crippen molar-refractivity contribution >= 4 is 5.69 Å². The van der Waals surface area contributed by atoms with Crippen LogP contribution in [0.1, 0.15) is 31.7 Å². The van der Waals surface area contributed by atoms with Crippen molar-refractivity contribution in [3.63, 3.8) is 0 Å². The van der Waals surface area contributed by atoms with Gasteiger partial charge in [-0.1, -0.05) is 0 Å². The molecule has 0 saturated carbocycles. The summed E-state index contributed by atoms with van der Waals surface area (Å²) in [5, 5.41) is 0. The second-order valence-corrected chi connectivity index (χ2v) is 5.12. The molecule has 1 aromatic rings. The Hall–Kier alpha value is -1.23. The number of benzene rings is 1. The van der Waals surface area contributed by atoms with Crippen LogP contribution in [-0.4, -0.2) is 18.6 Å². The van der Waals surface area contributed by atoms with Gasteiger partial charge in [0.2, 0.25) is 0 Å². The van der Waals surface area contributed by atoms with Crippen LogP contribution in [0.25, 0.3) is 0 Å². The number of anilines is 1. The summed E-state index contributed by atoms with van der Waals surface area (Å²) in [5.41, 5.74) is 5.99. The van der Waals surface area contributed by atoms with Gasteiger partial charge in [-0.15, -0.1) is 0 Å². The summed E-state index contributed by atoms with van der Waals surface area (Å²) in [6, 6.07) is 5.93. The molecule has 106 valence electrons. The van der Waals surface area contributed by atoms with Crippen LogP contribution in [0.2, 0.25) is 0 Å². The lowest BCUT2D eigenvalue weighted by Gasteiger charge is -2.42. The lowest BCUT2D eigenvalue weighted by molar-refractivity contribution is -0.137. The average Bonchev–Trinajstić information content (AvgIpc) is 2.37. The van der Waals surface area contributed by atoms with Crippen LogP contribution < -0.4 is 10.6 Å². The lowest BCUT2D eigenvalue weighted by Crippen LogP contribution is -2.49. The van der Waals surface area contributed by atoms with Crippen LogP contribution in [0.5, 0.6) is 0 Å². The van der Waals surface area contributed by atoms with Gasteiger partial charge in [0.15, 0.2) is 0 Å². The zero-order valence-corrected chi connectivity index (χ0v) is 11.0. The number of nitrogens with two attached hydrogens (primary N) is 1. The fourth-order valence-corrected chi connectivity index (χ4v) is 2.81. The van der Waals surface area contributed by atoms with Gasteiger partial charge in [-0.2, -0.15) is 13.2 Å². The Morgan fingerprint density at radius 2 is 1.84 bits per heavy atom. The van der Waals surface area contributed by atoms with Crippen molar-refractivity contribution in [2.75, 3.05) is 11.4 Å². The molecule has 1 aliphatic rings. The minimum absolute atomic E-state index is 0.223. The molecule has 2 atom stereocenters. The minimum Gasteiger partial charge on any atom is -0.365 e. The summed E-state index contributed by atoms with van der Waals surface area (Å²) < 4.78 is 37.6. The summed E-state index contributed by atoms with van der Waals surface area (Å²) in [6.45, 7) is 2.63. The number of alkyl halides is 3. The molecule has 0 aliphatic carbocycles. The van der Waals surface area contributed by atoms with Crippen LogP contribution in [0.15, 0.2) is 24.3 Å². The molecular formula is C14H19F3N2. The van der Waals surface area contributed by atoms with Gasteiger partial charge < -0.3 is 10.6 Å². The van der Waals surface area contributed by atoms with Crippen molar-refractivity contribution in [1.82, 2.24) is 0 Å². The molecule has 0 spiro atoms. The van der Waals surface area contributed by atoms with Crippen LogP contribution in [0.3, 0.4) is 0 Å². The molecule has 1 saturated heterocycles. The second kappa shape index (κ2) is 5.41. The highest BCUT2D eigenvalue weighted by Gasteiger charge is 2.31. The highest BCUT2D eigenvalue weighted by atomic mass is 19.4. The molecule has 1 fully saturated rings. The van der Waals surface area contributed by atoms with Gasteiger partial charge >= 0.3 is 6.18 Å². The fraction of sp³-hybridized carbons (Fsp3) is 0.571. The Balaban J connectivity index is 2.24. The SMILES string of the molecule is CC1CCCC(CN)N1c1ccc(C(F)(F)F)cc1. The van der Waals surface area contributed by atoms with Crippen molar-refractivity contribution < 1.29 is 13.2 Å². The predicted molar refractivity (Wildman–Crippen MR) is 70.1 cm³/mol. The third-order valence-electron chi connectivity index (χ3n) is 3.79. The molecule has 5 heteroatoms. The van der Waals surface area contributed by atoms with E-state index in [0.717, 1.165) is 37.1 Å². The number of piperidine rings is 1. The maximum absolute atomic E-state index is 12.5. The van der Waals surface area contributed by atoms with Crippen LogP contribution in [0, 0.1) is 0 Å². The van der Waals surface area contributed by atoms with Gasteiger partial charge in [0, 0.05) is 24.3 Å². The maximum atomic E-state index is 12.5. The molecule has 0 radical (unpaired) electrons. The van der Waals surface area contributed by atoms with Crippen molar-refractivity contribution in [2.24, 2.45) is 5.73 Å². The Bertz CT molecular complexity index is 414. The van der Waals surface area contributed by atoms with E-state index in [9.17, 15) is 13.2 Å². The molecule has 0 amide bonds. The molecule has 0 aromatic heterocycles. The van der Waals surface area contributed by atoms with E-state index in [1.807, 2.05) is 0 Å². The largest absolute Gasteiger partial charge is 0.416 e. The van der Waals surface area contributed by atoms with E-state index in [4.69, 9.17) is 5.73 Å². The van der Waals surface area contributed by atoms with Crippen molar-refractivity contribution in [3.8, 4) is 0 Å². The highest BCUT2D eigenvalue weighted by molar-refractivity contribution is 5.50. The summed E-state index contributed by atoms with van der Waals surface area (Å²) in [6.07, 6.45) is -1.10. The Morgan fingerprint density at radius 1 is 1.21 bits per heavy atom. The first-order chi connectivity index (χ1) is 8.93. The topological polar surface area (TPSA) is 29.3 Å². The van der Waals surface area contributed by atoms with Crippen LogP contribution in [-0.2, 0) is 6.18 Å². The summed E-state index contributed by atoms with van der Waals surface area (Å²) in [4.78, 5) is 2.16. The molecule has 19 heavy (non-hydrogen) atoms. The minimum atomic E-state index is -4.28. The average molecular weight is 272 g/mol. The number of halogens is 3. The van der Waals surface area contributed by atoms with Crippen LogP contribution >= 0.6 is 0 Å². The molecule has 0 bridgehead atoms. The summed E-state index contributed by atoms with van der Waals surface area (Å²) >= 11 is 0. The standard InChI is InChI=1S/C14H19F3N2/c1-10-3-2-4-13(9-18)19(10)12-7-5-11(6-8-12)14(15,16)17/h5-8,10,13H,2-4,9,18H2,1H3. The summed E-state index contributed by atoms with van der Waals surface area (Å²) in [7, 11) is 0. The third-order valence-corrected chi connectivity index (χ3v) is 3.79. The number of hydrogen-bond acceptors (Lipinski definition) is 2. The normalized spacial score (nSPS) is 24.6. The second-order valence-electron chi connectivity index (χ2n) is 5.12. The number of nitrogens with zero attached hydrogens (tertiary/aromatic N) is 1. The van der Waals surface area contributed by atoms with Crippen molar-refractivity contribution in [3.05, 3.63) is 29.8 Å². The first-order valence-corrected chi connectivity index (χ1v) is 6.59. The Morgan fingerprint density at radius 3 is 2.37 bits per heavy atom. The van der Waals surface area contributed by atoms with E-state index in [0.29, 0.717) is 12.6 Å². The van der Waals surface area contributed by atoms with E-state index in [1.54, 1.807) is 12.1 Å². The zero-order chi connectivity index (χ0) is 14.0. The Labute approximate surface area is 111 Å². The molecule has 2 rings (SSSR count). The van der Waals surface area contributed by atoms with Gasteiger partial charge in [-0.3, -0.25) is 0 Å². The highest BCUT2D eigenvalue weighted by Crippen LogP contribution is 2.33. The predicted octanol–water partition coefficient (Wildman–Crippen LogP) is 3.41. The van der Waals surface area contributed by atoms with E-state index in [2.05, 4.69) is 11.8 Å². The monoisotopic (exact) mass is 272 g/mol.